The number of hydrogen-bond donors (Lipinski definition) is 1. The highest BCUT2D eigenvalue weighted by atomic mass is 19.1. The van der Waals surface area contributed by atoms with Crippen LogP contribution in [0.25, 0.3) is 0 Å². The van der Waals surface area contributed by atoms with E-state index in [0.717, 1.165) is 29.8 Å². The Morgan fingerprint density at radius 3 is 2.55 bits per heavy atom. The summed E-state index contributed by atoms with van der Waals surface area (Å²) < 4.78 is 27.6. The zero-order chi connectivity index (χ0) is 20.5. The van der Waals surface area contributed by atoms with Crippen molar-refractivity contribution in [2.45, 2.75) is 19.4 Å². The normalized spacial score (nSPS) is 15.1. The van der Waals surface area contributed by atoms with Crippen LogP contribution in [0.1, 0.15) is 33.3 Å². The summed E-state index contributed by atoms with van der Waals surface area (Å²) in [6, 6.07) is 13.6. The van der Waals surface area contributed by atoms with Gasteiger partial charge in [0.25, 0.3) is 11.8 Å². The van der Waals surface area contributed by atoms with Crippen LogP contribution in [0.3, 0.4) is 0 Å². The van der Waals surface area contributed by atoms with Gasteiger partial charge in [0.15, 0.2) is 0 Å². The summed E-state index contributed by atoms with van der Waals surface area (Å²) in [5.74, 6) is -2.84. The van der Waals surface area contributed by atoms with Crippen LogP contribution in [0.2, 0.25) is 0 Å². The SMILES string of the molecule is CC1Cc2ccccc2N1C(=O)c1cc(C(=O)Nc2c(F)cccc2F)ccn1. The Bertz CT molecular complexity index is 1100. The zero-order valence-corrected chi connectivity index (χ0v) is 15.5. The maximum Gasteiger partial charge on any atom is 0.277 e. The lowest BCUT2D eigenvalue weighted by atomic mass is 10.1. The third-order valence-corrected chi connectivity index (χ3v) is 4.87. The molecule has 2 amide bonds. The van der Waals surface area contributed by atoms with Crippen molar-refractivity contribution in [2.75, 3.05) is 10.2 Å². The molecule has 0 bridgehead atoms. The highest BCUT2D eigenvalue weighted by molar-refractivity contribution is 6.09. The van der Waals surface area contributed by atoms with Crippen molar-refractivity contribution in [3.8, 4) is 0 Å². The molecule has 0 saturated carbocycles. The van der Waals surface area contributed by atoms with Gasteiger partial charge in [0.2, 0.25) is 0 Å². The average Bonchev–Trinajstić information content (AvgIpc) is 3.06. The molecule has 7 heteroatoms. The van der Waals surface area contributed by atoms with Gasteiger partial charge in [-0.2, -0.15) is 0 Å². The van der Waals surface area contributed by atoms with Crippen LogP contribution < -0.4 is 10.2 Å². The van der Waals surface area contributed by atoms with E-state index >= 15 is 0 Å². The minimum Gasteiger partial charge on any atom is -0.317 e. The van der Waals surface area contributed by atoms with Crippen molar-refractivity contribution in [1.82, 2.24) is 4.98 Å². The van der Waals surface area contributed by atoms with Crippen LogP contribution in [0.4, 0.5) is 20.2 Å². The van der Waals surface area contributed by atoms with Crippen molar-refractivity contribution < 1.29 is 18.4 Å². The Balaban J connectivity index is 1.61. The number of halogens is 2. The van der Waals surface area contributed by atoms with Gasteiger partial charge >= 0.3 is 0 Å². The maximum absolute atomic E-state index is 13.8. The second-order valence-corrected chi connectivity index (χ2v) is 6.84. The van der Waals surface area contributed by atoms with Gasteiger partial charge in [-0.3, -0.25) is 14.6 Å². The Hall–Kier alpha value is -3.61. The molecule has 3 aromatic rings. The Morgan fingerprint density at radius 2 is 1.79 bits per heavy atom. The number of aromatic nitrogens is 1. The topological polar surface area (TPSA) is 62.3 Å². The summed E-state index contributed by atoms with van der Waals surface area (Å²) in [4.78, 5) is 31.3. The van der Waals surface area contributed by atoms with E-state index in [-0.39, 0.29) is 23.2 Å². The lowest BCUT2D eigenvalue weighted by molar-refractivity contribution is 0.0976. The molecule has 2 heterocycles. The number of carbonyl (C=O) groups excluding carboxylic acids is 2. The molecule has 5 nitrogen and oxygen atoms in total. The number of anilines is 2. The summed E-state index contributed by atoms with van der Waals surface area (Å²) in [5, 5.41) is 2.21. The van der Waals surface area contributed by atoms with Crippen molar-refractivity contribution in [3.05, 3.63) is 89.2 Å². The predicted octanol–water partition coefficient (Wildman–Crippen LogP) is 4.20. The molecule has 0 radical (unpaired) electrons. The molecular weight excluding hydrogens is 376 g/mol. The van der Waals surface area contributed by atoms with Crippen LogP contribution in [-0.2, 0) is 6.42 Å². The molecule has 146 valence electrons. The molecule has 1 aliphatic rings. The summed E-state index contributed by atoms with van der Waals surface area (Å²) in [6.07, 6.45) is 2.06. The van der Waals surface area contributed by atoms with E-state index in [1.807, 2.05) is 31.2 Å². The van der Waals surface area contributed by atoms with E-state index in [9.17, 15) is 18.4 Å². The molecule has 2 aromatic carbocycles. The van der Waals surface area contributed by atoms with Gasteiger partial charge in [0.1, 0.15) is 23.0 Å². The molecule has 0 spiro atoms. The number of carbonyl (C=O) groups is 2. The number of nitrogens with one attached hydrogen (secondary N) is 1. The molecule has 0 saturated heterocycles. The van der Waals surface area contributed by atoms with Gasteiger partial charge in [0.05, 0.1) is 0 Å². The molecule has 1 aliphatic heterocycles. The minimum absolute atomic E-state index is 0.0494. The van der Waals surface area contributed by atoms with Crippen molar-refractivity contribution in [3.63, 3.8) is 0 Å². The first kappa shape index (κ1) is 18.7. The first-order valence-corrected chi connectivity index (χ1v) is 9.08. The minimum atomic E-state index is -0.883. The van der Waals surface area contributed by atoms with E-state index in [1.165, 1.54) is 24.4 Å². The summed E-state index contributed by atoms with van der Waals surface area (Å²) >= 11 is 0. The standard InChI is InChI=1S/C22H17F2N3O2/c1-13-11-14-5-2-3-8-19(14)27(13)22(29)18-12-15(9-10-25-18)21(28)26-20-16(23)6-4-7-17(20)24/h2-10,12-13H,11H2,1H3,(H,26,28). The first-order chi connectivity index (χ1) is 14.0. The quantitative estimate of drug-likeness (QED) is 0.725. The molecule has 1 atom stereocenters. The smallest absolute Gasteiger partial charge is 0.277 e. The number of rotatable bonds is 3. The molecule has 1 N–H and O–H groups in total. The van der Waals surface area contributed by atoms with Gasteiger partial charge in [0, 0.05) is 23.5 Å². The number of amides is 2. The second-order valence-electron chi connectivity index (χ2n) is 6.84. The Kier molecular flexibility index (Phi) is 4.80. The number of hydrogen-bond acceptors (Lipinski definition) is 3. The fraction of sp³-hybridized carbons (Fsp3) is 0.136. The van der Waals surface area contributed by atoms with E-state index in [4.69, 9.17) is 0 Å². The number of para-hydroxylation sites is 2. The Labute approximate surface area is 166 Å². The summed E-state index contributed by atoms with van der Waals surface area (Å²) in [7, 11) is 0. The number of benzene rings is 2. The lowest BCUT2D eigenvalue weighted by Gasteiger charge is -2.22. The monoisotopic (exact) mass is 393 g/mol. The van der Waals surface area contributed by atoms with Gasteiger partial charge in [-0.25, -0.2) is 8.78 Å². The number of pyridine rings is 1. The van der Waals surface area contributed by atoms with Gasteiger partial charge in [-0.1, -0.05) is 24.3 Å². The van der Waals surface area contributed by atoms with E-state index in [0.29, 0.717) is 0 Å². The first-order valence-electron chi connectivity index (χ1n) is 9.08. The molecule has 0 aliphatic carbocycles. The fourth-order valence-corrected chi connectivity index (χ4v) is 3.49. The Morgan fingerprint density at radius 1 is 1.07 bits per heavy atom. The van der Waals surface area contributed by atoms with E-state index in [2.05, 4.69) is 10.3 Å². The molecule has 29 heavy (non-hydrogen) atoms. The van der Waals surface area contributed by atoms with Gasteiger partial charge in [-0.05, 0) is 49.2 Å². The highest BCUT2D eigenvalue weighted by Gasteiger charge is 2.32. The van der Waals surface area contributed by atoms with E-state index in [1.54, 1.807) is 4.90 Å². The molecule has 0 fully saturated rings. The fourth-order valence-electron chi connectivity index (χ4n) is 3.49. The largest absolute Gasteiger partial charge is 0.317 e. The van der Waals surface area contributed by atoms with E-state index < -0.39 is 23.2 Å². The number of nitrogens with zero attached hydrogens (tertiary/aromatic N) is 2. The lowest BCUT2D eigenvalue weighted by Crippen LogP contribution is -2.36. The zero-order valence-electron chi connectivity index (χ0n) is 15.5. The maximum atomic E-state index is 13.8. The third-order valence-electron chi connectivity index (χ3n) is 4.87. The van der Waals surface area contributed by atoms with Crippen molar-refractivity contribution in [1.29, 1.82) is 0 Å². The van der Waals surface area contributed by atoms with Crippen molar-refractivity contribution in [2.24, 2.45) is 0 Å². The average molecular weight is 393 g/mol. The summed E-state index contributed by atoms with van der Waals surface area (Å²) in [6.45, 7) is 1.94. The van der Waals surface area contributed by atoms with Crippen LogP contribution in [0.15, 0.2) is 60.8 Å². The molecule has 1 aromatic heterocycles. The highest BCUT2D eigenvalue weighted by Crippen LogP contribution is 2.32. The van der Waals surface area contributed by atoms with Crippen LogP contribution >= 0.6 is 0 Å². The summed E-state index contributed by atoms with van der Waals surface area (Å²) in [5.41, 5.74) is 1.50. The van der Waals surface area contributed by atoms with Gasteiger partial charge in [-0.15, -0.1) is 0 Å². The predicted molar refractivity (Wildman–Crippen MR) is 105 cm³/mol. The third kappa shape index (κ3) is 3.47. The molecule has 4 rings (SSSR count). The second kappa shape index (κ2) is 7.43. The van der Waals surface area contributed by atoms with Crippen molar-refractivity contribution >= 4 is 23.2 Å². The van der Waals surface area contributed by atoms with Crippen LogP contribution in [0, 0.1) is 11.6 Å². The van der Waals surface area contributed by atoms with Crippen LogP contribution in [0.5, 0.6) is 0 Å². The van der Waals surface area contributed by atoms with Gasteiger partial charge < -0.3 is 10.2 Å². The van der Waals surface area contributed by atoms with Crippen LogP contribution in [-0.4, -0.2) is 22.8 Å². The molecule has 1 unspecified atom stereocenters. The molecular formula is C22H17F2N3O2. The number of fused-ring (bicyclic) bond motifs is 1.